The van der Waals surface area contributed by atoms with Gasteiger partial charge >= 0.3 is 0 Å². The quantitative estimate of drug-likeness (QED) is 0.699. The van der Waals surface area contributed by atoms with Crippen LogP contribution in [0.4, 0.5) is 0 Å². The minimum atomic E-state index is -3.30. The van der Waals surface area contributed by atoms with E-state index in [0.717, 1.165) is 32.1 Å². The lowest BCUT2D eigenvalue weighted by Crippen LogP contribution is -2.45. The van der Waals surface area contributed by atoms with Crippen LogP contribution in [0, 0.1) is 5.92 Å². The van der Waals surface area contributed by atoms with Crippen LogP contribution in [0.25, 0.3) is 0 Å². The number of nitrogens with zero attached hydrogens (tertiary/aromatic N) is 1. The molecular formula is C14H25NO4S. The van der Waals surface area contributed by atoms with Crippen LogP contribution in [0.5, 0.6) is 0 Å². The number of carbonyl (C=O) groups excluding carboxylic acids is 1. The molecule has 1 heterocycles. The van der Waals surface area contributed by atoms with Gasteiger partial charge in [0.2, 0.25) is 10.0 Å². The van der Waals surface area contributed by atoms with Gasteiger partial charge in [-0.3, -0.25) is 4.79 Å². The zero-order valence-electron chi connectivity index (χ0n) is 12.2. The SMILES string of the molecule is CCOCCS(=O)(=O)N1CCCC1C1CCCCC1=O. The molecule has 1 aliphatic heterocycles. The van der Waals surface area contributed by atoms with Gasteiger partial charge in [0.1, 0.15) is 5.78 Å². The second kappa shape index (κ2) is 7.00. The number of hydrogen-bond acceptors (Lipinski definition) is 4. The standard InChI is InChI=1S/C14H25NO4S/c1-2-19-10-11-20(17,18)15-9-5-7-13(15)12-6-3-4-8-14(12)16/h12-13H,2-11H2,1H3. The minimum Gasteiger partial charge on any atom is -0.381 e. The van der Waals surface area contributed by atoms with Gasteiger partial charge in [-0.2, -0.15) is 4.31 Å². The van der Waals surface area contributed by atoms with Crippen LogP contribution in [-0.4, -0.2) is 50.1 Å². The zero-order chi connectivity index (χ0) is 14.6. The molecule has 2 rings (SSSR count). The molecule has 5 nitrogen and oxygen atoms in total. The van der Waals surface area contributed by atoms with Gasteiger partial charge < -0.3 is 4.74 Å². The molecule has 0 aromatic heterocycles. The normalized spacial score (nSPS) is 28.9. The number of ketones is 1. The Morgan fingerprint density at radius 3 is 2.75 bits per heavy atom. The highest BCUT2D eigenvalue weighted by atomic mass is 32.2. The van der Waals surface area contributed by atoms with Crippen molar-refractivity contribution in [3.63, 3.8) is 0 Å². The molecule has 0 radical (unpaired) electrons. The summed E-state index contributed by atoms with van der Waals surface area (Å²) in [5.74, 6) is 0.208. The van der Waals surface area contributed by atoms with Crippen molar-refractivity contribution >= 4 is 15.8 Å². The molecule has 0 aromatic carbocycles. The molecule has 0 N–H and O–H groups in total. The van der Waals surface area contributed by atoms with E-state index < -0.39 is 10.0 Å². The fraction of sp³-hybridized carbons (Fsp3) is 0.929. The Balaban J connectivity index is 2.04. The Kier molecular flexibility index (Phi) is 5.57. The first-order valence-electron chi connectivity index (χ1n) is 7.66. The Labute approximate surface area is 121 Å². The summed E-state index contributed by atoms with van der Waals surface area (Å²) in [7, 11) is -3.30. The third-order valence-electron chi connectivity index (χ3n) is 4.36. The summed E-state index contributed by atoms with van der Waals surface area (Å²) in [5, 5.41) is 0. The summed E-state index contributed by atoms with van der Waals surface area (Å²) in [6.07, 6.45) is 5.15. The van der Waals surface area contributed by atoms with E-state index in [1.807, 2.05) is 6.92 Å². The second-order valence-electron chi connectivity index (χ2n) is 5.65. The van der Waals surface area contributed by atoms with Gasteiger partial charge in [0.15, 0.2) is 0 Å². The van der Waals surface area contributed by atoms with E-state index in [1.54, 1.807) is 4.31 Å². The van der Waals surface area contributed by atoms with Crippen LogP contribution in [0.3, 0.4) is 0 Å². The topological polar surface area (TPSA) is 63.7 Å². The fourth-order valence-electron chi connectivity index (χ4n) is 3.36. The van der Waals surface area contributed by atoms with Crippen LogP contribution >= 0.6 is 0 Å². The van der Waals surface area contributed by atoms with Gasteiger partial charge in [0, 0.05) is 31.5 Å². The van der Waals surface area contributed by atoms with Crippen molar-refractivity contribution in [2.24, 2.45) is 5.92 Å². The van der Waals surface area contributed by atoms with Crippen molar-refractivity contribution in [3.8, 4) is 0 Å². The van der Waals surface area contributed by atoms with Crippen molar-refractivity contribution < 1.29 is 17.9 Å². The van der Waals surface area contributed by atoms with Gasteiger partial charge in [0.05, 0.1) is 12.4 Å². The van der Waals surface area contributed by atoms with Crippen LogP contribution < -0.4 is 0 Å². The predicted octanol–water partition coefficient (Wildman–Crippen LogP) is 1.58. The molecule has 1 saturated carbocycles. The molecule has 1 aliphatic carbocycles. The maximum absolute atomic E-state index is 12.4. The lowest BCUT2D eigenvalue weighted by molar-refractivity contribution is -0.126. The summed E-state index contributed by atoms with van der Waals surface area (Å²) in [5.41, 5.74) is 0. The lowest BCUT2D eigenvalue weighted by Gasteiger charge is -2.32. The number of ether oxygens (including phenoxy) is 1. The van der Waals surface area contributed by atoms with Crippen molar-refractivity contribution in [3.05, 3.63) is 0 Å². The second-order valence-corrected chi connectivity index (χ2v) is 7.69. The average molecular weight is 303 g/mol. The van der Waals surface area contributed by atoms with Gasteiger partial charge in [-0.25, -0.2) is 8.42 Å². The molecule has 1 saturated heterocycles. The molecule has 0 amide bonds. The third-order valence-corrected chi connectivity index (χ3v) is 6.21. The first-order chi connectivity index (χ1) is 9.56. The number of rotatable bonds is 6. The largest absolute Gasteiger partial charge is 0.381 e. The Bertz CT molecular complexity index is 434. The van der Waals surface area contributed by atoms with Crippen molar-refractivity contribution in [1.82, 2.24) is 4.31 Å². The predicted molar refractivity (Wildman–Crippen MR) is 77.0 cm³/mol. The molecule has 2 atom stereocenters. The smallest absolute Gasteiger partial charge is 0.216 e. The van der Waals surface area contributed by atoms with Crippen molar-refractivity contribution in [2.45, 2.75) is 51.5 Å². The van der Waals surface area contributed by atoms with Gasteiger partial charge in [-0.15, -0.1) is 0 Å². The summed E-state index contributed by atoms with van der Waals surface area (Å²) in [4.78, 5) is 12.1. The Morgan fingerprint density at radius 1 is 1.25 bits per heavy atom. The summed E-state index contributed by atoms with van der Waals surface area (Å²) in [6, 6.07) is -0.102. The average Bonchev–Trinajstić information content (AvgIpc) is 2.89. The van der Waals surface area contributed by atoms with E-state index in [4.69, 9.17) is 4.74 Å². The molecule has 2 aliphatic rings. The van der Waals surface area contributed by atoms with E-state index in [9.17, 15) is 13.2 Å². The number of Topliss-reactive ketones (excluding diaryl/α,β-unsaturated/α-hetero) is 1. The van der Waals surface area contributed by atoms with E-state index in [2.05, 4.69) is 0 Å². The van der Waals surface area contributed by atoms with Crippen molar-refractivity contribution in [2.75, 3.05) is 25.5 Å². The van der Waals surface area contributed by atoms with Crippen LogP contribution in [0.1, 0.15) is 45.4 Å². The van der Waals surface area contributed by atoms with E-state index in [0.29, 0.717) is 19.6 Å². The van der Waals surface area contributed by atoms with Crippen LogP contribution in [-0.2, 0) is 19.6 Å². The zero-order valence-corrected chi connectivity index (χ0v) is 13.0. The first-order valence-corrected chi connectivity index (χ1v) is 9.27. The van der Waals surface area contributed by atoms with E-state index in [1.165, 1.54) is 0 Å². The van der Waals surface area contributed by atoms with E-state index >= 15 is 0 Å². The highest BCUT2D eigenvalue weighted by Crippen LogP contribution is 2.33. The van der Waals surface area contributed by atoms with Crippen LogP contribution in [0.15, 0.2) is 0 Å². The highest BCUT2D eigenvalue weighted by Gasteiger charge is 2.41. The molecule has 2 fully saturated rings. The molecule has 6 heteroatoms. The number of sulfonamides is 1. The van der Waals surface area contributed by atoms with Crippen molar-refractivity contribution in [1.29, 1.82) is 0 Å². The molecular weight excluding hydrogens is 278 g/mol. The molecule has 20 heavy (non-hydrogen) atoms. The maximum Gasteiger partial charge on any atom is 0.216 e. The highest BCUT2D eigenvalue weighted by molar-refractivity contribution is 7.89. The fourth-order valence-corrected chi connectivity index (χ4v) is 4.99. The monoisotopic (exact) mass is 303 g/mol. The van der Waals surface area contributed by atoms with Crippen LogP contribution in [0.2, 0.25) is 0 Å². The maximum atomic E-state index is 12.4. The first kappa shape index (κ1) is 15.9. The number of carbonyl (C=O) groups is 1. The summed E-state index contributed by atoms with van der Waals surface area (Å²) < 4.78 is 31.5. The molecule has 116 valence electrons. The minimum absolute atomic E-state index is 0.0260. The third kappa shape index (κ3) is 3.59. The summed E-state index contributed by atoms with van der Waals surface area (Å²) in [6.45, 7) is 3.18. The molecule has 2 unspecified atom stereocenters. The Morgan fingerprint density at radius 2 is 2.05 bits per heavy atom. The Hall–Kier alpha value is -0.460. The van der Waals surface area contributed by atoms with Gasteiger partial charge in [0.25, 0.3) is 0 Å². The molecule has 0 aromatic rings. The lowest BCUT2D eigenvalue weighted by atomic mass is 9.82. The molecule has 0 spiro atoms. The number of hydrogen-bond donors (Lipinski definition) is 0. The molecule has 0 bridgehead atoms. The van der Waals surface area contributed by atoms with Gasteiger partial charge in [-0.05, 0) is 32.6 Å². The van der Waals surface area contributed by atoms with Gasteiger partial charge in [-0.1, -0.05) is 6.42 Å². The summed E-state index contributed by atoms with van der Waals surface area (Å²) >= 11 is 0. The van der Waals surface area contributed by atoms with E-state index in [-0.39, 0.29) is 30.1 Å².